The Balaban J connectivity index is 1.93. The molecule has 4 rings (SSSR count). The van der Waals surface area contributed by atoms with Gasteiger partial charge in [-0.2, -0.15) is 0 Å². The minimum absolute atomic E-state index is 0.554. The van der Waals surface area contributed by atoms with Gasteiger partial charge < -0.3 is 0 Å². The first-order chi connectivity index (χ1) is 9.72. The van der Waals surface area contributed by atoms with E-state index in [-0.39, 0.29) is 0 Å². The van der Waals surface area contributed by atoms with Crippen LogP contribution >= 0.6 is 23.2 Å². The number of hydrogen-bond acceptors (Lipinski definition) is 3. The van der Waals surface area contributed by atoms with Crippen LogP contribution in [0.2, 0.25) is 10.0 Å². The summed E-state index contributed by atoms with van der Waals surface area (Å²) in [6, 6.07) is 5.33. The third-order valence-electron chi connectivity index (χ3n) is 3.58. The average molecular weight is 305 g/mol. The predicted molar refractivity (Wildman–Crippen MR) is 78.3 cm³/mol. The van der Waals surface area contributed by atoms with Crippen LogP contribution < -0.4 is 0 Å². The fourth-order valence-corrected chi connectivity index (χ4v) is 3.12. The molecule has 0 amide bonds. The maximum absolute atomic E-state index is 6.22. The third kappa shape index (κ3) is 1.79. The van der Waals surface area contributed by atoms with Crippen LogP contribution in [0.3, 0.4) is 0 Å². The summed E-state index contributed by atoms with van der Waals surface area (Å²) >= 11 is 12.1. The molecule has 0 atom stereocenters. The van der Waals surface area contributed by atoms with Crippen LogP contribution in [0, 0.1) is 0 Å². The first-order valence-corrected chi connectivity index (χ1v) is 7.16. The lowest BCUT2D eigenvalue weighted by Gasteiger charge is -1.98. The molecule has 1 aliphatic rings. The lowest BCUT2D eigenvalue weighted by Crippen LogP contribution is -1.96. The van der Waals surface area contributed by atoms with Gasteiger partial charge in [0.2, 0.25) is 0 Å². The summed E-state index contributed by atoms with van der Waals surface area (Å²) in [5, 5.41) is 5.62. The standard InChI is InChI=1S/C14H10Cl2N4/c15-8-4-5-9(11(16)6-8)13-18-14-10-2-1-3-12(10)17-7-20(14)19-13/h4-7H,1-3H2. The van der Waals surface area contributed by atoms with E-state index in [2.05, 4.69) is 15.1 Å². The van der Waals surface area contributed by atoms with E-state index in [1.54, 1.807) is 23.0 Å². The zero-order valence-electron chi connectivity index (χ0n) is 10.5. The minimum atomic E-state index is 0.554. The first kappa shape index (κ1) is 12.1. The number of aryl methyl sites for hydroxylation is 2. The average Bonchev–Trinajstić information content (AvgIpc) is 3.03. The predicted octanol–water partition coefficient (Wildman–Crippen LogP) is 3.59. The Hall–Kier alpha value is -1.65. The molecule has 6 heteroatoms. The number of fused-ring (bicyclic) bond motifs is 3. The molecule has 0 fully saturated rings. The normalized spacial score (nSPS) is 13.9. The van der Waals surface area contributed by atoms with E-state index < -0.39 is 0 Å². The fourth-order valence-electron chi connectivity index (χ4n) is 2.63. The van der Waals surface area contributed by atoms with Gasteiger partial charge in [0.1, 0.15) is 6.33 Å². The Bertz CT molecular complexity index is 825. The van der Waals surface area contributed by atoms with Gasteiger partial charge in [-0.25, -0.2) is 14.5 Å². The van der Waals surface area contributed by atoms with Gasteiger partial charge in [0.05, 0.1) is 5.02 Å². The summed E-state index contributed by atoms with van der Waals surface area (Å²) in [5.74, 6) is 0.605. The van der Waals surface area contributed by atoms with Gasteiger partial charge in [-0.3, -0.25) is 0 Å². The van der Waals surface area contributed by atoms with Crippen molar-refractivity contribution in [3.8, 4) is 11.4 Å². The molecular formula is C14H10Cl2N4. The molecule has 2 aromatic heterocycles. The molecule has 1 aromatic carbocycles. The van der Waals surface area contributed by atoms with Crippen molar-refractivity contribution in [3.05, 3.63) is 45.8 Å². The van der Waals surface area contributed by atoms with Crippen LogP contribution in [-0.4, -0.2) is 19.6 Å². The van der Waals surface area contributed by atoms with Crippen molar-refractivity contribution >= 4 is 28.8 Å². The molecule has 4 nitrogen and oxygen atoms in total. The maximum Gasteiger partial charge on any atom is 0.183 e. The van der Waals surface area contributed by atoms with Crippen LogP contribution in [0.25, 0.3) is 17.0 Å². The number of rotatable bonds is 1. The van der Waals surface area contributed by atoms with E-state index in [9.17, 15) is 0 Å². The van der Waals surface area contributed by atoms with Crippen LogP contribution in [-0.2, 0) is 12.8 Å². The van der Waals surface area contributed by atoms with Crippen molar-refractivity contribution in [1.29, 1.82) is 0 Å². The van der Waals surface area contributed by atoms with E-state index in [1.807, 2.05) is 6.07 Å². The molecule has 100 valence electrons. The van der Waals surface area contributed by atoms with E-state index in [0.29, 0.717) is 15.9 Å². The van der Waals surface area contributed by atoms with Crippen molar-refractivity contribution in [3.63, 3.8) is 0 Å². The highest BCUT2D eigenvalue weighted by Gasteiger charge is 2.19. The van der Waals surface area contributed by atoms with Gasteiger partial charge in [0.15, 0.2) is 11.5 Å². The molecule has 3 aromatic rings. The monoisotopic (exact) mass is 304 g/mol. The van der Waals surface area contributed by atoms with Crippen LogP contribution in [0.5, 0.6) is 0 Å². The lowest BCUT2D eigenvalue weighted by molar-refractivity contribution is 0.888. The Kier molecular flexibility index (Phi) is 2.69. The zero-order chi connectivity index (χ0) is 13.7. The molecular weight excluding hydrogens is 295 g/mol. The van der Waals surface area contributed by atoms with Crippen molar-refractivity contribution in [2.24, 2.45) is 0 Å². The molecule has 0 N–H and O–H groups in total. The Morgan fingerprint density at radius 3 is 2.90 bits per heavy atom. The Morgan fingerprint density at radius 1 is 1.15 bits per heavy atom. The highest BCUT2D eigenvalue weighted by molar-refractivity contribution is 6.36. The van der Waals surface area contributed by atoms with Crippen LogP contribution in [0.1, 0.15) is 17.7 Å². The van der Waals surface area contributed by atoms with Gasteiger partial charge in [0, 0.05) is 21.8 Å². The maximum atomic E-state index is 6.22. The SMILES string of the molecule is Clc1ccc(-c2nc3c4c(ncn3n2)CCC4)c(Cl)c1. The first-order valence-electron chi connectivity index (χ1n) is 6.41. The molecule has 1 aliphatic carbocycles. The van der Waals surface area contributed by atoms with Gasteiger partial charge >= 0.3 is 0 Å². The smallest absolute Gasteiger partial charge is 0.183 e. The second kappa shape index (κ2) is 4.43. The number of hydrogen-bond donors (Lipinski definition) is 0. The largest absolute Gasteiger partial charge is 0.241 e. The van der Waals surface area contributed by atoms with E-state index >= 15 is 0 Å². The molecule has 0 unspecified atom stereocenters. The summed E-state index contributed by atoms with van der Waals surface area (Å²) in [6.45, 7) is 0. The highest BCUT2D eigenvalue weighted by Crippen LogP contribution is 2.30. The molecule has 20 heavy (non-hydrogen) atoms. The summed E-state index contributed by atoms with van der Waals surface area (Å²) in [4.78, 5) is 9.07. The quantitative estimate of drug-likeness (QED) is 0.690. The Morgan fingerprint density at radius 2 is 2.05 bits per heavy atom. The second-order valence-corrected chi connectivity index (χ2v) is 5.69. The minimum Gasteiger partial charge on any atom is -0.241 e. The van der Waals surface area contributed by atoms with E-state index in [0.717, 1.165) is 36.2 Å². The molecule has 0 spiro atoms. The zero-order valence-corrected chi connectivity index (χ0v) is 12.0. The molecule has 0 bridgehead atoms. The van der Waals surface area contributed by atoms with Gasteiger partial charge in [0.25, 0.3) is 0 Å². The topological polar surface area (TPSA) is 43.1 Å². The summed E-state index contributed by atoms with van der Waals surface area (Å²) in [6.07, 6.45) is 4.89. The number of nitrogens with zero attached hydrogens (tertiary/aromatic N) is 4. The summed E-state index contributed by atoms with van der Waals surface area (Å²) in [5.41, 5.74) is 4.01. The van der Waals surface area contributed by atoms with E-state index in [1.165, 1.54) is 5.56 Å². The molecule has 0 saturated carbocycles. The van der Waals surface area contributed by atoms with Crippen molar-refractivity contribution < 1.29 is 0 Å². The highest BCUT2D eigenvalue weighted by atomic mass is 35.5. The summed E-state index contributed by atoms with van der Waals surface area (Å²) < 4.78 is 1.73. The van der Waals surface area contributed by atoms with Gasteiger partial charge in [-0.15, -0.1) is 5.10 Å². The number of benzene rings is 1. The van der Waals surface area contributed by atoms with Gasteiger partial charge in [-0.05, 0) is 37.5 Å². The number of halogens is 2. The van der Waals surface area contributed by atoms with Gasteiger partial charge in [-0.1, -0.05) is 23.2 Å². The molecule has 0 saturated heterocycles. The third-order valence-corrected chi connectivity index (χ3v) is 4.13. The molecule has 2 heterocycles. The Labute approximate surface area is 125 Å². The summed E-state index contributed by atoms with van der Waals surface area (Å²) in [7, 11) is 0. The van der Waals surface area contributed by atoms with Crippen molar-refractivity contribution in [2.45, 2.75) is 19.3 Å². The fraction of sp³-hybridized carbons (Fsp3) is 0.214. The molecule has 0 radical (unpaired) electrons. The van der Waals surface area contributed by atoms with Crippen molar-refractivity contribution in [1.82, 2.24) is 19.6 Å². The van der Waals surface area contributed by atoms with Crippen LogP contribution in [0.4, 0.5) is 0 Å². The molecule has 0 aliphatic heterocycles. The number of aromatic nitrogens is 4. The second-order valence-electron chi connectivity index (χ2n) is 4.85. The lowest BCUT2D eigenvalue weighted by atomic mass is 10.2. The van der Waals surface area contributed by atoms with Crippen molar-refractivity contribution in [2.75, 3.05) is 0 Å². The van der Waals surface area contributed by atoms with Crippen LogP contribution in [0.15, 0.2) is 24.5 Å². The van der Waals surface area contributed by atoms with E-state index in [4.69, 9.17) is 23.2 Å².